The van der Waals surface area contributed by atoms with Crippen LogP contribution in [0.15, 0.2) is 121 Å². The van der Waals surface area contributed by atoms with Crippen molar-refractivity contribution in [3.8, 4) is 17.3 Å². The summed E-state index contributed by atoms with van der Waals surface area (Å²) in [4.78, 5) is 0. The average Bonchev–Trinajstić information content (AvgIpc) is 3.68. The van der Waals surface area contributed by atoms with Crippen LogP contribution in [0, 0.1) is 29.6 Å². The Bertz CT molecular complexity index is 3580. The van der Waals surface area contributed by atoms with Crippen LogP contribution in [0.25, 0.3) is 64.6 Å². The standard InChI is InChI=1S/C58H56N4SSi/c1-33(2)23-39-26-48-40-21-20-37(31-59)25-43(40)54-49(60(48)32-53(39)64(7,8)9)29-50-55(54)44-28-52-42(41-24-34(3)19-22-51(41)63-52)27-45(44)57-61(50)46-17-13-14-18-47(46)62(57)56-36(5)58(56,6)30-35(4)38-15-11-10-12-16-38/h10-22,24-28,32-33,35,49,54H,23,29-30H2,1-9H3/q+2. The molecule has 0 fully saturated rings. The van der Waals surface area contributed by atoms with Gasteiger partial charge in [-0.3, -0.25) is 0 Å². The van der Waals surface area contributed by atoms with Crippen LogP contribution < -0.4 is 14.2 Å². The van der Waals surface area contributed by atoms with Crippen molar-refractivity contribution in [1.82, 2.24) is 4.57 Å². The molecular formula is C58H56N4SSi+2. The minimum Gasteiger partial charge on any atom is -0.194 e. The van der Waals surface area contributed by atoms with Gasteiger partial charge in [-0.25, -0.2) is 0 Å². The van der Waals surface area contributed by atoms with E-state index in [1.54, 1.807) is 5.19 Å². The Labute approximate surface area is 381 Å². The van der Waals surface area contributed by atoms with E-state index in [0.29, 0.717) is 11.8 Å². The molecule has 64 heavy (non-hydrogen) atoms. The molecule has 2 aliphatic carbocycles. The van der Waals surface area contributed by atoms with Gasteiger partial charge in [-0.2, -0.15) is 18.8 Å². The first-order valence-electron chi connectivity index (χ1n) is 23.4. The summed E-state index contributed by atoms with van der Waals surface area (Å²) in [6, 6.07) is 44.1. The molecule has 0 amide bonds. The monoisotopic (exact) mass is 868 g/mol. The zero-order chi connectivity index (χ0) is 44.1. The number of aromatic nitrogens is 3. The Hall–Kier alpha value is -5.87. The van der Waals surface area contributed by atoms with Gasteiger partial charge in [-0.1, -0.05) is 94.5 Å². The summed E-state index contributed by atoms with van der Waals surface area (Å²) in [6.07, 6.45) is 5.63. The van der Waals surface area contributed by atoms with E-state index < -0.39 is 8.07 Å². The summed E-state index contributed by atoms with van der Waals surface area (Å²) in [7, 11) is -1.74. The van der Waals surface area contributed by atoms with Crippen molar-refractivity contribution in [3.63, 3.8) is 0 Å². The molecule has 5 aromatic carbocycles. The Balaban J connectivity index is 1.19. The highest BCUT2D eigenvalue weighted by molar-refractivity contribution is 7.25. The normalized spacial score (nSPS) is 19.5. The fraction of sp³-hybridized carbons (Fsp3) is 0.293. The third-order valence-corrected chi connectivity index (χ3v) is 18.7. The van der Waals surface area contributed by atoms with Gasteiger partial charge in [0.25, 0.3) is 5.65 Å². The molecule has 9 aromatic rings. The van der Waals surface area contributed by atoms with Crippen LogP contribution in [0.4, 0.5) is 0 Å². The van der Waals surface area contributed by atoms with Gasteiger partial charge in [0.2, 0.25) is 5.69 Å². The Morgan fingerprint density at radius 1 is 0.844 bits per heavy atom. The highest BCUT2D eigenvalue weighted by atomic mass is 32.1. The van der Waals surface area contributed by atoms with Gasteiger partial charge in [0.15, 0.2) is 23.3 Å². The number of aryl methyl sites for hydroxylation is 1. The maximum atomic E-state index is 10.5. The molecule has 0 bridgehead atoms. The first-order chi connectivity index (χ1) is 30.7. The summed E-state index contributed by atoms with van der Waals surface area (Å²) < 4.78 is 10.7. The lowest BCUT2D eigenvalue weighted by molar-refractivity contribution is -0.715. The van der Waals surface area contributed by atoms with Gasteiger partial charge in [0.1, 0.15) is 11.4 Å². The number of nitriles is 1. The number of nitrogens with zero attached hydrogens (tertiary/aromatic N) is 4. The lowest BCUT2D eigenvalue weighted by atomic mass is 9.80. The molecule has 0 spiro atoms. The van der Waals surface area contributed by atoms with Crippen LogP contribution in [-0.4, -0.2) is 12.6 Å². The maximum absolute atomic E-state index is 10.5. The molecule has 0 N–H and O–H groups in total. The summed E-state index contributed by atoms with van der Waals surface area (Å²) in [5.41, 5.74) is 18.3. The van der Waals surface area contributed by atoms with Gasteiger partial charge >= 0.3 is 0 Å². The molecule has 316 valence electrons. The molecule has 4 unspecified atom stereocenters. The first kappa shape index (κ1) is 39.7. The van der Waals surface area contributed by atoms with Crippen LogP contribution in [0.1, 0.15) is 98.0 Å². The van der Waals surface area contributed by atoms with Crippen LogP contribution in [-0.2, 0) is 12.8 Å². The second kappa shape index (κ2) is 13.8. The molecule has 0 radical (unpaired) electrons. The van der Waals surface area contributed by atoms with E-state index in [1.807, 2.05) is 17.4 Å². The highest BCUT2D eigenvalue weighted by Crippen LogP contribution is 2.61. The Kier molecular flexibility index (Phi) is 8.57. The molecule has 12 rings (SSSR count). The van der Waals surface area contributed by atoms with Gasteiger partial charge in [0, 0.05) is 37.0 Å². The van der Waals surface area contributed by atoms with Gasteiger partial charge < -0.3 is 0 Å². The number of imidazole rings is 1. The van der Waals surface area contributed by atoms with Crippen LogP contribution >= 0.6 is 11.3 Å². The number of allylic oxidation sites excluding steroid dienone is 2. The molecule has 0 saturated carbocycles. The predicted molar refractivity (Wildman–Crippen MR) is 270 cm³/mol. The quantitative estimate of drug-likeness (QED) is 0.116. The van der Waals surface area contributed by atoms with E-state index >= 15 is 0 Å². The van der Waals surface area contributed by atoms with Crippen molar-refractivity contribution in [2.24, 2.45) is 11.3 Å². The van der Waals surface area contributed by atoms with Crippen molar-refractivity contribution in [1.29, 1.82) is 5.26 Å². The number of hydrogen-bond donors (Lipinski definition) is 0. The SMILES string of the molecule is CC1=C(n2c3ccccc3[n+]3c4c(c5cc6sc7ccc(C)cc7c6cc5c23)C2c3cc(C#N)ccc3-c3cc(CC(C)C)c([Si](C)(C)C)c[n+]3C2C4)C1(C)CC(C)c1ccccc1. The van der Waals surface area contributed by atoms with Crippen molar-refractivity contribution < 1.29 is 8.97 Å². The number of hydrogen-bond acceptors (Lipinski definition) is 2. The molecule has 4 nitrogen and oxygen atoms in total. The Morgan fingerprint density at radius 3 is 2.38 bits per heavy atom. The third-order valence-electron chi connectivity index (χ3n) is 15.5. The molecule has 0 saturated heterocycles. The molecule has 5 heterocycles. The summed E-state index contributed by atoms with van der Waals surface area (Å²) in [6.45, 7) is 21.7. The number of benzene rings is 5. The van der Waals surface area contributed by atoms with Crippen molar-refractivity contribution >= 4 is 77.9 Å². The van der Waals surface area contributed by atoms with Crippen LogP contribution in [0.3, 0.4) is 0 Å². The number of para-hydroxylation sites is 2. The zero-order valence-electron chi connectivity index (χ0n) is 38.6. The molecule has 4 aromatic heterocycles. The minimum absolute atomic E-state index is 0.0392. The molecular weight excluding hydrogens is 813 g/mol. The van der Waals surface area contributed by atoms with Gasteiger partial charge in [-0.05, 0) is 128 Å². The van der Waals surface area contributed by atoms with Crippen molar-refractivity contribution in [2.75, 3.05) is 0 Å². The second-order valence-electron chi connectivity index (χ2n) is 21.2. The predicted octanol–water partition coefficient (Wildman–Crippen LogP) is 13.5. The van der Waals surface area contributed by atoms with Crippen LogP contribution in [0.5, 0.6) is 0 Å². The van der Waals surface area contributed by atoms with E-state index in [-0.39, 0.29) is 17.4 Å². The number of thiophene rings is 1. The lowest BCUT2D eigenvalue weighted by Crippen LogP contribution is -2.53. The van der Waals surface area contributed by atoms with Crippen LogP contribution in [0.2, 0.25) is 19.6 Å². The first-order valence-corrected chi connectivity index (χ1v) is 27.7. The van der Waals surface area contributed by atoms with E-state index in [2.05, 4.69) is 190 Å². The fourth-order valence-corrected chi connectivity index (χ4v) is 15.2. The van der Waals surface area contributed by atoms with Crippen molar-refractivity contribution in [2.45, 2.75) is 98.3 Å². The maximum Gasteiger partial charge on any atom is 0.300 e. The summed E-state index contributed by atoms with van der Waals surface area (Å²) in [5.74, 6) is 1.05. The second-order valence-corrected chi connectivity index (χ2v) is 27.3. The highest BCUT2D eigenvalue weighted by Gasteiger charge is 2.56. The number of pyridine rings is 2. The zero-order valence-corrected chi connectivity index (χ0v) is 40.4. The van der Waals surface area contributed by atoms with E-state index in [1.165, 1.54) is 104 Å². The molecule has 6 heteroatoms. The van der Waals surface area contributed by atoms with E-state index in [4.69, 9.17) is 0 Å². The van der Waals surface area contributed by atoms with Gasteiger partial charge in [-0.15, -0.1) is 11.3 Å². The average molecular weight is 869 g/mol. The topological polar surface area (TPSA) is 36.7 Å². The summed E-state index contributed by atoms with van der Waals surface area (Å²) >= 11 is 1.92. The van der Waals surface area contributed by atoms with Crippen molar-refractivity contribution in [3.05, 3.63) is 160 Å². The lowest BCUT2D eigenvalue weighted by Gasteiger charge is -2.29. The number of fused-ring (bicyclic) bond motifs is 18. The largest absolute Gasteiger partial charge is 0.300 e. The summed E-state index contributed by atoms with van der Waals surface area (Å²) in [5, 5.41) is 17.4. The number of rotatable bonds is 7. The van der Waals surface area contributed by atoms with E-state index in [9.17, 15) is 5.26 Å². The molecule has 3 aliphatic rings. The minimum atomic E-state index is -1.74. The third kappa shape index (κ3) is 5.63. The Morgan fingerprint density at radius 2 is 1.61 bits per heavy atom. The van der Waals surface area contributed by atoms with Gasteiger partial charge in [0.05, 0.1) is 48.4 Å². The fourth-order valence-electron chi connectivity index (χ4n) is 12.5. The smallest absolute Gasteiger partial charge is 0.194 e. The molecule has 1 aliphatic heterocycles. The van der Waals surface area contributed by atoms with E-state index in [0.717, 1.165) is 24.8 Å². The molecule has 4 atom stereocenters.